The maximum atomic E-state index is 12.5. The van der Waals surface area contributed by atoms with Crippen LogP contribution in [0.1, 0.15) is 6.42 Å². The number of carbonyl (C=O) groups excluding carboxylic acids is 1. The van der Waals surface area contributed by atoms with E-state index in [0.29, 0.717) is 10.7 Å². The van der Waals surface area contributed by atoms with E-state index in [-0.39, 0.29) is 24.4 Å². The molecule has 0 N–H and O–H groups in total. The molecule has 0 bridgehead atoms. The van der Waals surface area contributed by atoms with E-state index in [1.165, 1.54) is 23.1 Å². The van der Waals surface area contributed by atoms with Gasteiger partial charge in [-0.2, -0.15) is 5.26 Å². The third-order valence-corrected chi connectivity index (χ3v) is 3.52. The van der Waals surface area contributed by atoms with Crippen molar-refractivity contribution in [2.45, 2.75) is 6.42 Å². The summed E-state index contributed by atoms with van der Waals surface area (Å²) in [6.45, 7) is -0.237. The second kappa shape index (κ2) is 8.66. The summed E-state index contributed by atoms with van der Waals surface area (Å²) in [7, 11) is 0. The largest absolute Gasteiger partial charge is 0.477 e. The quantitative estimate of drug-likeness (QED) is 0.556. The fourth-order valence-corrected chi connectivity index (χ4v) is 2.34. The normalized spacial score (nSPS) is 9.92. The lowest BCUT2D eigenvalue weighted by molar-refractivity contribution is -0.385. The van der Waals surface area contributed by atoms with Crippen LogP contribution >= 0.6 is 11.6 Å². The molecule has 0 saturated heterocycles. The summed E-state index contributed by atoms with van der Waals surface area (Å²) in [6.07, 6.45) is 0.129. The number of rotatable bonds is 7. The predicted molar refractivity (Wildman–Crippen MR) is 92.6 cm³/mol. The summed E-state index contributed by atoms with van der Waals surface area (Å²) in [5.74, 6) is -0.428. The number of nitrogens with zero attached hydrogens (tertiary/aromatic N) is 3. The van der Waals surface area contributed by atoms with Crippen molar-refractivity contribution < 1.29 is 14.5 Å². The molecule has 0 aliphatic rings. The highest BCUT2D eigenvalue weighted by molar-refractivity contribution is 6.30. The Morgan fingerprint density at radius 2 is 2.04 bits per heavy atom. The Morgan fingerprint density at radius 1 is 1.28 bits per heavy atom. The molecule has 0 spiro atoms. The van der Waals surface area contributed by atoms with Gasteiger partial charge in [0.25, 0.3) is 5.91 Å². The van der Waals surface area contributed by atoms with Crippen LogP contribution in [0.4, 0.5) is 11.4 Å². The van der Waals surface area contributed by atoms with Crippen molar-refractivity contribution in [3.05, 3.63) is 63.7 Å². The standard InChI is InChI=1S/C17H14ClN3O4/c18-13-5-3-6-14(11-13)20(10-4-9-19)17(22)12-25-16-8-2-1-7-15(16)21(23)24/h1-3,5-8,11H,4,10,12H2. The number of halogens is 1. The minimum Gasteiger partial charge on any atom is -0.477 e. The van der Waals surface area contributed by atoms with Crippen molar-refractivity contribution in [1.29, 1.82) is 5.26 Å². The van der Waals surface area contributed by atoms with Crippen molar-refractivity contribution in [3.63, 3.8) is 0 Å². The van der Waals surface area contributed by atoms with Crippen molar-refractivity contribution in [1.82, 2.24) is 0 Å². The summed E-state index contributed by atoms with van der Waals surface area (Å²) in [5, 5.41) is 20.2. The van der Waals surface area contributed by atoms with Gasteiger partial charge in [0, 0.05) is 23.3 Å². The summed E-state index contributed by atoms with van der Waals surface area (Å²) < 4.78 is 5.32. The van der Waals surface area contributed by atoms with E-state index in [0.717, 1.165) is 0 Å². The number of carbonyl (C=O) groups is 1. The van der Waals surface area contributed by atoms with Gasteiger partial charge in [0.1, 0.15) is 0 Å². The average Bonchev–Trinajstić information content (AvgIpc) is 2.60. The van der Waals surface area contributed by atoms with Crippen LogP contribution in [0.5, 0.6) is 5.75 Å². The van der Waals surface area contributed by atoms with Gasteiger partial charge in [0.2, 0.25) is 0 Å². The number of nitro benzene ring substituents is 1. The lowest BCUT2D eigenvalue weighted by Gasteiger charge is -2.22. The average molecular weight is 360 g/mol. The first-order valence-corrected chi connectivity index (χ1v) is 7.70. The molecule has 8 heteroatoms. The fraction of sp³-hybridized carbons (Fsp3) is 0.176. The molecule has 2 aromatic rings. The van der Waals surface area contributed by atoms with Gasteiger partial charge in [-0.15, -0.1) is 0 Å². The molecular weight excluding hydrogens is 346 g/mol. The third-order valence-electron chi connectivity index (χ3n) is 3.28. The Hall–Kier alpha value is -3.11. The summed E-state index contributed by atoms with van der Waals surface area (Å²) in [6, 6.07) is 14.4. The first kappa shape index (κ1) is 18.2. The van der Waals surface area contributed by atoms with Gasteiger partial charge in [-0.25, -0.2) is 0 Å². The molecule has 2 rings (SSSR count). The molecule has 0 aromatic heterocycles. The summed E-state index contributed by atoms with van der Waals surface area (Å²) in [4.78, 5) is 24.3. The molecule has 2 aromatic carbocycles. The van der Waals surface area contributed by atoms with Crippen LogP contribution in [0.15, 0.2) is 48.5 Å². The van der Waals surface area contributed by atoms with E-state index in [1.807, 2.05) is 6.07 Å². The molecule has 0 unspecified atom stereocenters. The number of benzene rings is 2. The minimum atomic E-state index is -0.579. The van der Waals surface area contributed by atoms with Crippen LogP contribution < -0.4 is 9.64 Å². The second-order valence-electron chi connectivity index (χ2n) is 4.95. The molecule has 7 nitrogen and oxygen atoms in total. The highest BCUT2D eigenvalue weighted by Gasteiger charge is 2.19. The van der Waals surface area contributed by atoms with Crippen LogP contribution in [0.25, 0.3) is 0 Å². The maximum absolute atomic E-state index is 12.5. The van der Waals surface area contributed by atoms with Crippen molar-refractivity contribution in [3.8, 4) is 11.8 Å². The van der Waals surface area contributed by atoms with Gasteiger partial charge >= 0.3 is 5.69 Å². The van der Waals surface area contributed by atoms with Crippen molar-refractivity contribution in [2.24, 2.45) is 0 Å². The number of ether oxygens (including phenoxy) is 1. The molecule has 0 saturated carbocycles. The van der Waals surface area contributed by atoms with Crippen LogP contribution in [-0.4, -0.2) is 24.0 Å². The number of nitriles is 1. The molecule has 0 fully saturated rings. The molecule has 0 atom stereocenters. The van der Waals surface area contributed by atoms with Gasteiger partial charge < -0.3 is 9.64 Å². The molecule has 1 amide bonds. The zero-order valence-electron chi connectivity index (χ0n) is 13.1. The Balaban J connectivity index is 2.15. The van der Waals surface area contributed by atoms with Gasteiger partial charge in [0.05, 0.1) is 17.4 Å². The van der Waals surface area contributed by atoms with Crippen LogP contribution in [-0.2, 0) is 4.79 Å². The Bertz CT molecular complexity index is 820. The number of amides is 1. The first-order chi connectivity index (χ1) is 12.0. The molecule has 0 aliphatic carbocycles. The molecule has 0 radical (unpaired) electrons. The zero-order chi connectivity index (χ0) is 18.2. The van der Waals surface area contributed by atoms with Crippen LogP contribution in [0.3, 0.4) is 0 Å². The first-order valence-electron chi connectivity index (χ1n) is 7.32. The molecule has 0 aliphatic heterocycles. The number of para-hydroxylation sites is 2. The second-order valence-corrected chi connectivity index (χ2v) is 5.38. The SMILES string of the molecule is N#CCCN(C(=O)COc1ccccc1[N+](=O)[O-])c1cccc(Cl)c1. The highest BCUT2D eigenvalue weighted by atomic mass is 35.5. The van der Waals surface area contributed by atoms with Gasteiger partial charge in [-0.05, 0) is 24.3 Å². The molecule has 25 heavy (non-hydrogen) atoms. The third kappa shape index (κ3) is 4.93. The van der Waals surface area contributed by atoms with E-state index in [9.17, 15) is 14.9 Å². The smallest absolute Gasteiger partial charge is 0.310 e. The van der Waals surface area contributed by atoms with E-state index in [4.69, 9.17) is 21.6 Å². The lowest BCUT2D eigenvalue weighted by Crippen LogP contribution is -2.35. The Labute approximate surface area is 149 Å². The zero-order valence-corrected chi connectivity index (χ0v) is 13.8. The van der Waals surface area contributed by atoms with Gasteiger partial charge in [0.15, 0.2) is 12.4 Å². The monoisotopic (exact) mass is 359 g/mol. The predicted octanol–water partition coefficient (Wildman–Crippen LogP) is 3.57. The lowest BCUT2D eigenvalue weighted by atomic mass is 10.2. The number of anilines is 1. The summed E-state index contributed by atoms with van der Waals surface area (Å²) >= 11 is 5.95. The van der Waals surface area contributed by atoms with E-state index in [1.54, 1.807) is 30.3 Å². The van der Waals surface area contributed by atoms with Crippen LogP contribution in [0.2, 0.25) is 5.02 Å². The number of hydrogen-bond donors (Lipinski definition) is 0. The van der Waals surface area contributed by atoms with E-state index >= 15 is 0 Å². The fourth-order valence-electron chi connectivity index (χ4n) is 2.15. The number of hydrogen-bond acceptors (Lipinski definition) is 5. The molecule has 0 heterocycles. The Kier molecular flexibility index (Phi) is 6.32. The Morgan fingerprint density at radius 3 is 2.72 bits per heavy atom. The van der Waals surface area contributed by atoms with E-state index < -0.39 is 17.4 Å². The summed E-state index contributed by atoms with van der Waals surface area (Å²) in [5.41, 5.74) is 0.306. The topological polar surface area (TPSA) is 96.5 Å². The van der Waals surface area contributed by atoms with E-state index in [2.05, 4.69) is 0 Å². The van der Waals surface area contributed by atoms with Crippen LogP contribution in [0, 0.1) is 21.4 Å². The molecule has 128 valence electrons. The highest BCUT2D eigenvalue weighted by Crippen LogP contribution is 2.26. The minimum absolute atomic E-state index is 0.00665. The van der Waals surface area contributed by atoms with Gasteiger partial charge in [-0.1, -0.05) is 29.8 Å². The maximum Gasteiger partial charge on any atom is 0.310 e. The van der Waals surface area contributed by atoms with Crippen molar-refractivity contribution >= 4 is 28.9 Å². The van der Waals surface area contributed by atoms with Gasteiger partial charge in [-0.3, -0.25) is 14.9 Å². The van der Waals surface area contributed by atoms with Crippen molar-refractivity contribution in [2.75, 3.05) is 18.1 Å². The molecular formula is C17H14ClN3O4. The number of nitro groups is 1.